The zero-order valence-corrected chi connectivity index (χ0v) is 59.7. The quantitative estimate of drug-likeness (QED) is 0.0258. The van der Waals surface area contributed by atoms with Gasteiger partial charge in [0.05, 0.1) is 22.3 Å². The second-order valence-electron chi connectivity index (χ2n) is 27.7. The summed E-state index contributed by atoms with van der Waals surface area (Å²) in [7, 11) is 0. The third-order valence-electron chi connectivity index (χ3n) is 17.3. The second-order valence-corrected chi connectivity index (χ2v) is 27.7. The monoisotopic (exact) mass is 1290 g/mol. The van der Waals surface area contributed by atoms with E-state index in [0.717, 1.165) is 136 Å². The van der Waals surface area contributed by atoms with E-state index < -0.39 is 23.1 Å². The SMILES string of the molecule is CCCCCc1cc(O)c2c(c1)OC(C)(CCC=C(C)C)C=C2.CCCCCc1cc2c(c(O)c1C(=O)O)C=CC(C)(CCC=C(C)C)O2.CCCc1cc(O)c2c(c1)OC(C)(CCC=C(C)C)C=C2.CCCc1cc2c(c(O)c1C(=O)O)C=CC(C)(CCC=C(C)C)O2. The molecule has 512 valence electrons. The number of hydrogen-bond donors (Lipinski definition) is 6. The lowest BCUT2D eigenvalue weighted by molar-refractivity contribution is 0.0680. The Bertz CT molecular complexity index is 3500. The molecule has 4 unspecified atom stereocenters. The van der Waals surface area contributed by atoms with Crippen LogP contribution in [0.4, 0.5) is 0 Å². The number of carboxylic acid groups (broad SMARTS) is 2. The van der Waals surface area contributed by atoms with Gasteiger partial charge in [-0.1, -0.05) is 113 Å². The lowest BCUT2D eigenvalue weighted by Gasteiger charge is -2.32. The molecule has 0 bridgehead atoms. The number of aryl methyl sites for hydroxylation is 4. The number of aromatic carboxylic acids is 2. The number of fused-ring (bicyclic) bond motifs is 4. The maximum atomic E-state index is 11.7. The molecule has 6 N–H and O–H groups in total. The zero-order chi connectivity index (χ0) is 69.6. The molecule has 4 heterocycles. The normalized spacial score (nSPS) is 18.9. The molecule has 4 aromatic carbocycles. The van der Waals surface area contributed by atoms with Gasteiger partial charge in [0.15, 0.2) is 0 Å². The zero-order valence-electron chi connectivity index (χ0n) is 59.7. The van der Waals surface area contributed by atoms with Crippen LogP contribution >= 0.6 is 0 Å². The van der Waals surface area contributed by atoms with Crippen molar-refractivity contribution in [2.75, 3.05) is 0 Å². The summed E-state index contributed by atoms with van der Waals surface area (Å²) >= 11 is 0. The van der Waals surface area contributed by atoms with E-state index in [1.54, 1.807) is 24.3 Å². The summed E-state index contributed by atoms with van der Waals surface area (Å²) in [6, 6.07) is 11.5. The molecule has 0 spiro atoms. The van der Waals surface area contributed by atoms with Crippen LogP contribution in [-0.2, 0) is 25.7 Å². The molecule has 0 aliphatic carbocycles. The van der Waals surface area contributed by atoms with Crippen molar-refractivity contribution in [2.45, 2.75) is 262 Å². The van der Waals surface area contributed by atoms with E-state index in [2.05, 4.69) is 139 Å². The number of carboxylic acids is 2. The molecular formula is C82H112O12. The van der Waals surface area contributed by atoms with Crippen LogP contribution in [0.1, 0.15) is 279 Å². The molecule has 0 fully saturated rings. The molecule has 0 radical (unpaired) electrons. The van der Waals surface area contributed by atoms with Crippen LogP contribution in [-0.4, -0.2) is 65.0 Å². The van der Waals surface area contributed by atoms with Gasteiger partial charge in [-0.2, -0.15) is 0 Å². The van der Waals surface area contributed by atoms with Crippen molar-refractivity contribution in [1.82, 2.24) is 0 Å². The predicted molar refractivity (Wildman–Crippen MR) is 388 cm³/mol. The number of unbranched alkanes of at least 4 members (excludes halogenated alkanes) is 4. The largest absolute Gasteiger partial charge is 0.507 e. The summed E-state index contributed by atoms with van der Waals surface area (Å²) in [6.07, 6.45) is 43.3. The number of rotatable bonds is 26. The van der Waals surface area contributed by atoms with Crippen molar-refractivity contribution in [3.8, 4) is 46.0 Å². The van der Waals surface area contributed by atoms with E-state index in [-0.39, 0.29) is 33.8 Å². The molecule has 0 saturated heterocycles. The fourth-order valence-corrected chi connectivity index (χ4v) is 11.9. The number of phenols is 4. The van der Waals surface area contributed by atoms with E-state index in [4.69, 9.17) is 18.9 Å². The molecule has 12 nitrogen and oxygen atoms in total. The highest BCUT2D eigenvalue weighted by atomic mass is 16.5. The van der Waals surface area contributed by atoms with Gasteiger partial charge in [0, 0.05) is 0 Å². The Labute approximate surface area is 563 Å². The molecule has 4 aromatic rings. The van der Waals surface area contributed by atoms with Crippen LogP contribution in [0.15, 0.2) is 107 Å². The average molecular weight is 1290 g/mol. The van der Waals surface area contributed by atoms with Gasteiger partial charge < -0.3 is 49.6 Å². The van der Waals surface area contributed by atoms with Crippen molar-refractivity contribution in [3.63, 3.8) is 0 Å². The van der Waals surface area contributed by atoms with Gasteiger partial charge in [0.1, 0.15) is 79.5 Å². The Kier molecular flexibility index (Phi) is 29.1. The highest BCUT2D eigenvalue weighted by Crippen LogP contribution is 2.45. The van der Waals surface area contributed by atoms with Crippen molar-refractivity contribution >= 4 is 36.2 Å². The highest BCUT2D eigenvalue weighted by molar-refractivity contribution is 5.96. The van der Waals surface area contributed by atoms with Crippen LogP contribution in [0.25, 0.3) is 24.3 Å². The van der Waals surface area contributed by atoms with E-state index in [1.807, 2.05) is 57.2 Å². The number of hydrogen-bond acceptors (Lipinski definition) is 10. The molecule has 4 aliphatic heterocycles. The summed E-state index contributed by atoms with van der Waals surface area (Å²) in [5, 5.41) is 60.3. The molecule has 0 amide bonds. The summed E-state index contributed by atoms with van der Waals surface area (Å²) in [5.74, 6) is 0.806. The van der Waals surface area contributed by atoms with Gasteiger partial charge in [-0.3, -0.25) is 0 Å². The Balaban J connectivity index is 0.000000228. The van der Waals surface area contributed by atoms with E-state index in [1.165, 1.54) is 35.1 Å². The van der Waals surface area contributed by atoms with Crippen LogP contribution in [0.3, 0.4) is 0 Å². The second kappa shape index (κ2) is 35.6. The number of allylic oxidation sites excluding steroid dienone is 8. The van der Waals surface area contributed by atoms with Crippen LogP contribution < -0.4 is 18.9 Å². The first kappa shape index (κ1) is 76.8. The number of phenolic OH excluding ortho intramolecular Hbond substituents is 2. The number of ether oxygens (including phenoxy) is 4. The number of carbonyl (C=O) groups is 2. The minimum absolute atomic E-state index is 0.00115. The van der Waals surface area contributed by atoms with Gasteiger partial charge in [-0.15, -0.1) is 0 Å². The Morgan fingerprint density at radius 3 is 0.989 bits per heavy atom. The molecular weight excluding hydrogens is 1180 g/mol. The first-order valence-corrected chi connectivity index (χ1v) is 34.4. The van der Waals surface area contributed by atoms with Crippen molar-refractivity contribution in [1.29, 1.82) is 0 Å². The van der Waals surface area contributed by atoms with Crippen molar-refractivity contribution in [2.24, 2.45) is 0 Å². The fraction of sp³-hybridized carbons (Fsp3) is 0.488. The molecule has 8 rings (SSSR count). The van der Waals surface area contributed by atoms with Crippen LogP contribution in [0, 0.1) is 0 Å². The number of benzene rings is 4. The number of aromatic hydroxyl groups is 4. The summed E-state index contributed by atoms with van der Waals surface area (Å²) in [4.78, 5) is 23.2. The Hall–Kier alpha value is -7.86. The first-order valence-electron chi connectivity index (χ1n) is 34.4. The van der Waals surface area contributed by atoms with Crippen LogP contribution in [0.2, 0.25) is 0 Å². The molecule has 4 atom stereocenters. The molecule has 0 saturated carbocycles. The molecule has 94 heavy (non-hydrogen) atoms. The summed E-state index contributed by atoms with van der Waals surface area (Å²) < 4.78 is 24.8. The minimum Gasteiger partial charge on any atom is -0.507 e. The maximum Gasteiger partial charge on any atom is 0.339 e. The smallest absolute Gasteiger partial charge is 0.339 e. The van der Waals surface area contributed by atoms with Gasteiger partial charge in [-0.05, 0) is 280 Å². The van der Waals surface area contributed by atoms with E-state index in [0.29, 0.717) is 58.1 Å². The third kappa shape index (κ3) is 22.7. The maximum absolute atomic E-state index is 11.7. The Morgan fingerprint density at radius 1 is 0.383 bits per heavy atom. The van der Waals surface area contributed by atoms with Crippen molar-refractivity contribution < 1.29 is 59.2 Å². The van der Waals surface area contributed by atoms with Gasteiger partial charge >= 0.3 is 11.9 Å². The van der Waals surface area contributed by atoms with Crippen molar-refractivity contribution in [3.05, 3.63) is 163 Å². The standard InChI is InChI=1S/C22H30O4.C21H30O2.C20H26O4.C19H26O2/c1-5-6-7-10-16-14-18-17(20(23)19(16)21(24)25)11-13-22(4,26-18)12-8-9-15(2)3;1-5-6-7-10-17-14-19(22)18-11-13-21(4,23-20(18)15-17)12-8-9-16(2)3;1-5-7-14-12-16-15(18(21)17(14)19(22)23)9-11-20(4,24-16)10-6-8-13(2)3;1-5-7-15-12-17(20)16-9-11-19(4,21-18(16)13-15)10-6-8-14(2)3/h9,11,13-14,23H,5-8,10,12H2,1-4H3,(H,24,25);9,11,13-15,22H,5-8,10,12H2,1-4H3;8-9,11-12,21H,5-7,10H2,1-4H3,(H,22,23);8-9,11-13,20H,5-7,10H2,1-4H3. The summed E-state index contributed by atoms with van der Waals surface area (Å²) in [6.45, 7) is 33.4. The van der Waals surface area contributed by atoms with E-state index in [9.17, 15) is 40.2 Å². The average Bonchev–Trinajstić information content (AvgIpc) is 0.788. The lowest BCUT2D eigenvalue weighted by atomic mass is 9.91. The third-order valence-corrected chi connectivity index (χ3v) is 17.3. The Morgan fingerprint density at radius 2 is 0.681 bits per heavy atom. The molecule has 12 heteroatoms. The highest BCUT2D eigenvalue weighted by Gasteiger charge is 2.34. The predicted octanol–water partition coefficient (Wildman–Crippen LogP) is 22.0. The van der Waals surface area contributed by atoms with Gasteiger partial charge in [0.2, 0.25) is 0 Å². The minimum atomic E-state index is -1.11. The topological polar surface area (TPSA) is 192 Å². The summed E-state index contributed by atoms with van der Waals surface area (Å²) in [5.41, 5.74) is 9.76. The van der Waals surface area contributed by atoms with Gasteiger partial charge in [0.25, 0.3) is 0 Å². The van der Waals surface area contributed by atoms with Crippen LogP contribution in [0.5, 0.6) is 46.0 Å². The lowest BCUT2D eigenvalue weighted by Crippen LogP contribution is -2.32. The van der Waals surface area contributed by atoms with Gasteiger partial charge in [-0.25, -0.2) is 9.59 Å². The fourth-order valence-electron chi connectivity index (χ4n) is 11.9. The first-order chi connectivity index (χ1) is 44.4. The molecule has 0 aromatic heterocycles. The molecule has 4 aliphatic rings. The van der Waals surface area contributed by atoms with E-state index >= 15 is 0 Å².